The lowest BCUT2D eigenvalue weighted by Crippen LogP contribution is -2.54. The number of nitrogens with one attached hydrogen (secondary N) is 2. The maximum atomic E-state index is 12.3. The zero-order valence-electron chi connectivity index (χ0n) is 13.9. The van der Waals surface area contributed by atoms with Crippen LogP contribution in [0.4, 0.5) is 0 Å². The highest BCUT2D eigenvalue weighted by Crippen LogP contribution is 2.22. The van der Waals surface area contributed by atoms with Gasteiger partial charge >= 0.3 is 0 Å². The van der Waals surface area contributed by atoms with Crippen molar-refractivity contribution >= 4 is 5.91 Å². The first-order valence-corrected chi connectivity index (χ1v) is 8.01. The zero-order valence-corrected chi connectivity index (χ0v) is 13.9. The van der Waals surface area contributed by atoms with Crippen molar-refractivity contribution in [1.29, 1.82) is 0 Å². The first-order chi connectivity index (χ1) is 11.2. The van der Waals surface area contributed by atoms with Gasteiger partial charge in [-0.3, -0.25) is 4.79 Å². The second-order valence-corrected chi connectivity index (χ2v) is 5.59. The van der Waals surface area contributed by atoms with Crippen LogP contribution in [0.5, 0.6) is 11.5 Å². The van der Waals surface area contributed by atoms with Crippen molar-refractivity contribution in [2.24, 2.45) is 0 Å². The Labute approximate surface area is 137 Å². The largest absolute Gasteiger partial charge is 0.497 e. The summed E-state index contributed by atoms with van der Waals surface area (Å²) in [7, 11) is 3.23. The predicted octanol–water partition coefficient (Wildman–Crippen LogP) is 1.35. The molecule has 1 aliphatic heterocycles. The van der Waals surface area contributed by atoms with Gasteiger partial charge in [-0.15, -0.1) is 0 Å². The molecule has 1 aliphatic rings. The van der Waals surface area contributed by atoms with E-state index in [9.17, 15) is 4.79 Å². The number of amides is 1. The third-order valence-electron chi connectivity index (χ3n) is 4.13. The van der Waals surface area contributed by atoms with E-state index in [-0.39, 0.29) is 5.91 Å². The second-order valence-electron chi connectivity index (χ2n) is 5.59. The topological polar surface area (TPSA) is 68.8 Å². The van der Waals surface area contributed by atoms with Crippen LogP contribution in [0.25, 0.3) is 0 Å². The van der Waals surface area contributed by atoms with Gasteiger partial charge in [-0.2, -0.15) is 0 Å². The molecule has 1 saturated heterocycles. The molecule has 2 N–H and O–H groups in total. The van der Waals surface area contributed by atoms with E-state index in [0.717, 1.165) is 31.0 Å². The van der Waals surface area contributed by atoms with Crippen LogP contribution >= 0.6 is 0 Å². The van der Waals surface area contributed by atoms with Gasteiger partial charge in [0.2, 0.25) is 0 Å². The molecule has 1 aromatic rings. The Morgan fingerprint density at radius 1 is 1.26 bits per heavy atom. The Hall–Kier alpha value is -1.79. The minimum atomic E-state index is -0.682. The summed E-state index contributed by atoms with van der Waals surface area (Å²) in [4.78, 5) is 12.3. The second kappa shape index (κ2) is 8.74. The molecule has 0 unspecified atom stereocenters. The summed E-state index contributed by atoms with van der Waals surface area (Å²) in [5, 5.41) is 6.20. The van der Waals surface area contributed by atoms with Crippen LogP contribution in [-0.2, 0) is 9.53 Å². The minimum absolute atomic E-state index is 0.0251. The third kappa shape index (κ3) is 4.84. The van der Waals surface area contributed by atoms with Crippen LogP contribution in [0.1, 0.15) is 19.3 Å². The molecule has 6 nitrogen and oxygen atoms in total. The molecule has 0 spiro atoms. The van der Waals surface area contributed by atoms with Crippen molar-refractivity contribution in [2.75, 3.05) is 40.5 Å². The number of rotatable bonds is 8. The monoisotopic (exact) mass is 322 g/mol. The Morgan fingerprint density at radius 3 is 2.70 bits per heavy atom. The van der Waals surface area contributed by atoms with Crippen molar-refractivity contribution in [3.05, 3.63) is 24.3 Å². The van der Waals surface area contributed by atoms with Gasteiger partial charge in [-0.25, -0.2) is 0 Å². The highest BCUT2D eigenvalue weighted by atomic mass is 16.5. The molecule has 6 heteroatoms. The lowest BCUT2D eigenvalue weighted by molar-refractivity contribution is -0.146. The summed E-state index contributed by atoms with van der Waals surface area (Å²) in [5.41, 5.74) is -0.682. The number of benzene rings is 1. The quantitative estimate of drug-likeness (QED) is 0.707. The number of ether oxygens (including phenoxy) is 3. The summed E-state index contributed by atoms with van der Waals surface area (Å²) >= 11 is 0. The van der Waals surface area contributed by atoms with Gasteiger partial charge in [-0.05, 0) is 44.5 Å². The molecular formula is C17H26N2O4. The van der Waals surface area contributed by atoms with Gasteiger partial charge in [-0.1, -0.05) is 6.07 Å². The molecule has 2 rings (SSSR count). The normalized spacial score (nSPS) is 16.6. The van der Waals surface area contributed by atoms with E-state index < -0.39 is 5.60 Å². The van der Waals surface area contributed by atoms with Crippen LogP contribution in [0.2, 0.25) is 0 Å². The van der Waals surface area contributed by atoms with Gasteiger partial charge in [0.15, 0.2) is 0 Å². The Morgan fingerprint density at radius 2 is 2.00 bits per heavy atom. The molecule has 0 aliphatic carbocycles. The number of piperidine rings is 1. The molecule has 0 bridgehead atoms. The van der Waals surface area contributed by atoms with Crippen LogP contribution in [-0.4, -0.2) is 52.0 Å². The standard InChI is InChI=1S/C17H26N2O4/c1-21-14-5-3-6-15(13-14)23-12-4-9-19-16(20)17(22-2)7-10-18-11-8-17/h3,5-6,13,18H,4,7-12H2,1-2H3,(H,19,20). The number of carbonyl (C=O) groups excluding carboxylic acids is 1. The number of hydrogen-bond acceptors (Lipinski definition) is 5. The molecule has 0 radical (unpaired) electrons. The molecule has 0 atom stereocenters. The van der Waals surface area contributed by atoms with Crippen molar-refractivity contribution in [3.63, 3.8) is 0 Å². The van der Waals surface area contributed by atoms with Crippen molar-refractivity contribution in [1.82, 2.24) is 10.6 Å². The summed E-state index contributed by atoms with van der Waals surface area (Å²) < 4.78 is 16.3. The van der Waals surface area contributed by atoms with Crippen LogP contribution < -0.4 is 20.1 Å². The van der Waals surface area contributed by atoms with Crippen molar-refractivity contribution < 1.29 is 19.0 Å². The molecular weight excluding hydrogens is 296 g/mol. The number of carbonyl (C=O) groups is 1. The van der Waals surface area contributed by atoms with E-state index in [4.69, 9.17) is 14.2 Å². The SMILES string of the molecule is COc1cccc(OCCCNC(=O)C2(OC)CCNCC2)c1. The van der Waals surface area contributed by atoms with E-state index in [1.807, 2.05) is 24.3 Å². The fourth-order valence-electron chi connectivity index (χ4n) is 2.67. The average Bonchev–Trinajstić information content (AvgIpc) is 2.62. The van der Waals surface area contributed by atoms with Gasteiger partial charge in [0.1, 0.15) is 17.1 Å². The smallest absolute Gasteiger partial charge is 0.252 e. The molecule has 23 heavy (non-hydrogen) atoms. The first kappa shape index (κ1) is 17.6. The van der Waals surface area contributed by atoms with Crippen molar-refractivity contribution in [2.45, 2.75) is 24.9 Å². The maximum absolute atomic E-state index is 12.3. The fourth-order valence-corrected chi connectivity index (χ4v) is 2.67. The van der Waals surface area contributed by atoms with Crippen LogP contribution in [0, 0.1) is 0 Å². The highest BCUT2D eigenvalue weighted by molar-refractivity contribution is 5.85. The highest BCUT2D eigenvalue weighted by Gasteiger charge is 2.39. The Balaban J connectivity index is 1.69. The summed E-state index contributed by atoms with van der Waals surface area (Å²) in [5.74, 6) is 1.51. The van der Waals surface area contributed by atoms with E-state index in [1.165, 1.54) is 0 Å². The van der Waals surface area contributed by atoms with E-state index in [2.05, 4.69) is 10.6 Å². The van der Waals surface area contributed by atoms with Gasteiger partial charge < -0.3 is 24.8 Å². The lowest BCUT2D eigenvalue weighted by atomic mass is 9.91. The average molecular weight is 322 g/mol. The minimum Gasteiger partial charge on any atom is -0.497 e. The molecule has 1 heterocycles. The lowest BCUT2D eigenvalue weighted by Gasteiger charge is -2.34. The van der Waals surface area contributed by atoms with Crippen molar-refractivity contribution in [3.8, 4) is 11.5 Å². The van der Waals surface area contributed by atoms with Gasteiger partial charge in [0, 0.05) is 19.7 Å². The third-order valence-corrected chi connectivity index (χ3v) is 4.13. The molecule has 1 fully saturated rings. The molecule has 1 aromatic carbocycles. The summed E-state index contributed by atoms with van der Waals surface area (Å²) in [6, 6.07) is 7.48. The summed E-state index contributed by atoms with van der Waals surface area (Å²) in [6.07, 6.45) is 2.15. The number of methoxy groups -OCH3 is 2. The van der Waals surface area contributed by atoms with E-state index in [1.54, 1.807) is 14.2 Å². The van der Waals surface area contributed by atoms with Crippen LogP contribution in [0.15, 0.2) is 24.3 Å². The molecule has 0 aromatic heterocycles. The molecule has 0 saturated carbocycles. The van der Waals surface area contributed by atoms with E-state index in [0.29, 0.717) is 26.0 Å². The maximum Gasteiger partial charge on any atom is 0.252 e. The van der Waals surface area contributed by atoms with Gasteiger partial charge in [0.25, 0.3) is 5.91 Å². The van der Waals surface area contributed by atoms with E-state index >= 15 is 0 Å². The Kier molecular flexibility index (Phi) is 6.67. The fraction of sp³-hybridized carbons (Fsp3) is 0.588. The molecule has 1 amide bonds. The Bertz CT molecular complexity index is 501. The van der Waals surface area contributed by atoms with Crippen LogP contribution in [0.3, 0.4) is 0 Å². The first-order valence-electron chi connectivity index (χ1n) is 8.01. The molecule has 128 valence electrons. The predicted molar refractivity (Wildman–Crippen MR) is 88.0 cm³/mol. The number of hydrogen-bond donors (Lipinski definition) is 2. The van der Waals surface area contributed by atoms with Gasteiger partial charge in [0.05, 0.1) is 13.7 Å². The summed E-state index contributed by atoms with van der Waals surface area (Å²) in [6.45, 7) is 2.72. The zero-order chi connectivity index (χ0) is 16.5.